The van der Waals surface area contributed by atoms with Crippen LogP contribution in [-0.4, -0.2) is 44.0 Å². The largest absolute Gasteiger partial charge is 0.355 e. The van der Waals surface area contributed by atoms with Crippen molar-refractivity contribution in [2.45, 2.75) is 30.6 Å². The Kier molecular flexibility index (Phi) is 4.31. The number of sulfonamides is 1. The molecule has 0 spiro atoms. The lowest BCUT2D eigenvalue weighted by Gasteiger charge is -2.25. The highest BCUT2D eigenvalue weighted by Crippen LogP contribution is 2.34. The molecule has 1 amide bonds. The highest BCUT2D eigenvalue weighted by Gasteiger charge is 2.32. The van der Waals surface area contributed by atoms with Crippen molar-refractivity contribution >= 4 is 32.6 Å². The zero-order valence-electron chi connectivity index (χ0n) is 15.9. The van der Waals surface area contributed by atoms with Crippen molar-refractivity contribution in [1.82, 2.24) is 10.1 Å². The lowest BCUT2D eigenvalue weighted by molar-refractivity contribution is 0.0716. The Labute approximate surface area is 168 Å². The zero-order valence-corrected chi connectivity index (χ0v) is 16.7. The molecule has 0 bridgehead atoms. The fraction of sp³-hybridized carbons (Fsp3) is 0.333. The third-order valence-corrected chi connectivity index (χ3v) is 7.53. The van der Waals surface area contributed by atoms with Crippen molar-refractivity contribution in [3.05, 3.63) is 53.7 Å². The first kappa shape index (κ1) is 18.2. The first-order chi connectivity index (χ1) is 14.1. The van der Waals surface area contributed by atoms with Crippen molar-refractivity contribution in [2.24, 2.45) is 0 Å². The van der Waals surface area contributed by atoms with Crippen LogP contribution in [0.15, 0.2) is 51.9 Å². The van der Waals surface area contributed by atoms with E-state index in [1.165, 1.54) is 16.4 Å². The Bertz CT molecular complexity index is 1200. The molecule has 0 radical (unpaired) electrons. The summed E-state index contributed by atoms with van der Waals surface area (Å²) in [4.78, 5) is 14.8. The van der Waals surface area contributed by atoms with Crippen molar-refractivity contribution in [2.75, 3.05) is 23.9 Å². The molecule has 150 valence electrons. The number of anilines is 1. The summed E-state index contributed by atoms with van der Waals surface area (Å²) in [5, 5.41) is 4.39. The van der Waals surface area contributed by atoms with E-state index < -0.39 is 10.0 Å². The number of amides is 1. The average molecular weight is 411 g/mol. The van der Waals surface area contributed by atoms with Gasteiger partial charge in [-0.05, 0) is 55.5 Å². The van der Waals surface area contributed by atoms with E-state index in [0.29, 0.717) is 42.7 Å². The van der Waals surface area contributed by atoms with Crippen LogP contribution >= 0.6 is 0 Å². The van der Waals surface area contributed by atoms with Gasteiger partial charge in [0.1, 0.15) is 0 Å². The lowest BCUT2D eigenvalue weighted by Crippen LogP contribution is -2.35. The molecule has 2 aromatic carbocycles. The molecule has 5 rings (SSSR count). The molecule has 7 nitrogen and oxygen atoms in total. The molecule has 0 N–H and O–H groups in total. The van der Waals surface area contributed by atoms with E-state index in [0.717, 1.165) is 24.8 Å². The molecule has 2 aliphatic rings. The van der Waals surface area contributed by atoms with Gasteiger partial charge in [0.2, 0.25) is 0 Å². The number of piperidine rings is 1. The predicted octanol–water partition coefficient (Wildman–Crippen LogP) is 3.21. The summed E-state index contributed by atoms with van der Waals surface area (Å²) in [5.41, 5.74) is 2.32. The van der Waals surface area contributed by atoms with E-state index >= 15 is 0 Å². The minimum Gasteiger partial charge on any atom is -0.355 e. The highest BCUT2D eigenvalue weighted by molar-refractivity contribution is 7.92. The molecule has 29 heavy (non-hydrogen) atoms. The zero-order chi connectivity index (χ0) is 20.0. The van der Waals surface area contributed by atoms with Gasteiger partial charge in [0.05, 0.1) is 16.0 Å². The van der Waals surface area contributed by atoms with Crippen molar-refractivity contribution in [1.29, 1.82) is 0 Å². The Hall–Kier alpha value is -2.87. The molecule has 0 atom stereocenters. The molecule has 0 unspecified atom stereocenters. The SMILES string of the molecule is O=C(c1noc2ccc(S(=O)(=O)N3CCc4ccccc43)cc12)N1CCCCC1. The van der Waals surface area contributed by atoms with Crippen LogP contribution < -0.4 is 4.31 Å². The summed E-state index contributed by atoms with van der Waals surface area (Å²) in [7, 11) is -3.75. The number of carbonyl (C=O) groups excluding carboxylic acids is 1. The van der Waals surface area contributed by atoms with Gasteiger partial charge < -0.3 is 9.42 Å². The molecule has 0 aliphatic carbocycles. The predicted molar refractivity (Wildman–Crippen MR) is 108 cm³/mol. The van der Waals surface area contributed by atoms with Crippen LogP contribution in [0.1, 0.15) is 35.3 Å². The normalized spacial score (nSPS) is 17.0. The molecular formula is C21H21N3O4S. The molecule has 0 saturated carbocycles. The number of rotatable bonds is 3. The second-order valence-electron chi connectivity index (χ2n) is 7.50. The standard InChI is InChI=1S/C21H21N3O4S/c25-21(23-11-4-1-5-12-23)20-17-14-16(8-9-19(17)28-22-20)29(26,27)24-13-10-15-6-2-3-7-18(15)24/h2-3,6-9,14H,1,4-5,10-13H2. The van der Waals surface area contributed by atoms with Crippen LogP contribution in [0.5, 0.6) is 0 Å². The fourth-order valence-corrected chi connectivity index (χ4v) is 5.69. The third kappa shape index (κ3) is 2.98. The second-order valence-corrected chi connectivity index (χ2v) is 9.36. The van der Waals surface area contributed by atoms with Gasteiger partial charge in [0.25, 0.3) is 15.9 Å². The average Bonchev–Trinajstić information content (AvgIpc) is 3.38. The van der Waals surface area contributed by atoms with Crippen LogP contribution in [0, 0.1) is 0 Å². The van der Waals surface area contributed by atoms with Gasteiger partial charge in [-0.25, -0.2) is 8.42 Å². The summed E-state index contributed by atoms with van der Waals surface area (Å²) < 4.78 is 33.4. The molecule has 1 saturated heterocycles. The Balaban J connectivity index is 1.54. The van der Waals surface area contributed by atoms with E-state index in [1.807, 2.05) is 24.3 Å². The number of likely N-dealkylation sites (tertiary alicyclic amines) is 1. The van der Waals surface area contributed by atoms with Crippen LogP contribution in [0.25, 0.3) is 11.0 Å². The topological polar surface area (TPSA) is 83.7 Å². The van der Waals surface area contributed by atoms with E-state index in [-0.39, 0.29) is 16.5 Å². The number of nitrogens with zero attached hydrogens (tertiary/aromatic N) is 3. The number of hydrogen-bond acceptors (Lipinski definition) is 5. The number of para-hydroxylation sites is 1. The molecule has 3 heterocycles. The highest BCUT2D eigenvalue weighted by atomic mass is 32.2. The molecule has 8 heteroatoms. The monoisotopic (exact) mass is 411 g/mol. The molecular weight excluding hydrogens is 390 g/mol. The summed E-state index contributed by atoms with van der Waals surface area (Å²) in [6.45, 7) is 1.79. The van der Waals surface area contributed by atoms with E-state index in [4.69, 9.17) is 4.52 Å². The maximum atomic E-state index is 13.3. The second kappa shape index (κ2) is 6.88. The molecule has 3 aromatic rings. The lowest BCUT2D eigenvalue weighted by atomic mass is 10.1. The smallest absolute Gasteiger partial charge is 0.276 e. The van der Waals surface area contributed by atoms with Crippen LogP contribution in [-0.2, 0) is 16.4 Å². The van der Waals surface area contributed by atoms with Crippen LogP contribution in [0.4, 0.5) is 5.69 Å². The third-order valence-electron chi connectivity index (χ3n) is 5.72. The minimum atomic E-state index is -3.75. The van der Waals surface area contributed by atoms with E-state index in [9.17, 15) is 13.2 Å². The Morgan fingerprint density at radius 1 is 1.00 bits per heavy atom. The van der Waals surface area contributed by atoms with Gasteiger partial charge >= 0.3 is 0 Å². The van der Waals surface area contributed by atoms with Crippen molar-refractivity contribution < 1.29 is 17.7 Å². The van der Waals surface area contributed by atoms with Gasteiger partial charge in [0, 0.05) is 19.6 Å². The van der Waals surface area contributed by atoms with Crippen molar-refractivity contribution in [3.8, 4) is 0 Å². The number of carbonyl (C=O) groups is 1. The van der Waals surface area contributed by atoms with Gasteiger partial charge in [-0.15, -0.1) is 0 Å². The van der Waals surface area contributed by atoms with E-state index in [2.05, 4.69) is 5.16 Å². The first-order valence-electron chi connectivity index (χ1n) is 9.85. The molecule has 1 fully saturated rings. The summed E-state index contributed by atoms with van der Waals surface area (Å²) in [6.07, 6.45) is 3.73. The van der Waals surface area contributed by atoms with Gasteiger partial charge in [0.15, 0.2) is 11.3 Å². The first-order valence-corrected chi connectivity index (χ1v) is 11.3. The van der Waals surface area contributed by atoms with Crippen LogP contribution in [0.3, 0.4) is 0 Å². The van der Waals surface area contributed by atoms with Gasteiger partial charge in [-0.3, -0.25) is 9.10 Å². The van der Waals surface area contributed by atoms with Gasteiger partial charge in [-0.1, -0.05) is 23.4 Å². The summed E-state index contributed by atoms with van der Waals surface area (Å²) >= 11 is 0. The van der Waals surface area contributed by atoms with Gasteiger partial charge in [-0.2, -0.15) is 0 Å². The van der Waals surface area contributed by atoms with Crippen LogP contribution in [0.2, 0.25) is 0 Å². The van der Waals surface area contributed by atoms with E-state index in [1.54, 1.807) is 11.0 Å². The summed E-state index contributed by atoms with van der Waals surface area (Å²) in [5.74, 6) is -0.204. The Morgan fingerprint density at radius 2 is 1.79 bits per heavy atom. The summed E-state index contributed by atoms with van der Waals surface area (Å²) in [6, 6.07) is 12.1. The number of benzene rings is 2. The maximum absolute atomic E-state index is 13.3. The minimum absolute atomic E-state index is 0.137. The van der Waals surface area contributed by atoms with Crippen molar-refractivity contribution in [3.63, 3.8) is 0 Å². The maximum Gasteiger partial charge on any atom is 0.276 e. The number of fused-ring (bicyclic) bond motifs is 2. The quantitative estimate of drug-likeness (QED) is 0.661. The number of aromatic nitrogens is 1. The molecule has 2 aliphatic heterocycles. The Morgan fingerprint density at radius 3 is 2.62 bits per heavy atom. The molecule has 1 aromatic heterocycles. The fourth-order valence-electron chi connectivity index (χ4n) is 4.16. The number of hydrogen-bond donors (Lipinski definition) is 0.